The van der Waals surface area contributed by atoms with Gasteiger partial charge in [0.15, 0.2) is 0 Å². The van der Waals surface area contributed by atoms with Crippen molar-refractivity contribution in [2.75, 3.05) is 0 Å². The van der Waals surface area contributed by atoms with Crippen LogP contribution in [0.4, 0.5) is 0 Å². The fourth-order valence-corrected chi connectivity index (χ4v) is 2.19. The van der Waals surface area contributed by atoms with Gasteiger partial charge in [-0.15, -0.1) is 0 Å². The van der Waals surface area contributed by atoms with Crippen LogP contribution in [0.3, 0.4) is 0 Å². The Kier molecular flexibility index (Phi) is 2.96. The Morgan fingerprint density at radius 3 is 2.31 bits per heavy atom. The first kappa shape index (κ1) is 11.1. The van der Waals surface area contributed by atoms with Crippen molar-refractivity contribution in [2.24, 2.45) is 5.10 Å². The van der Waals surface area contributed by atoms with Crippen molar-refractivity contribution in [3.63, 3.8) is 0 Å². The highest BCUT2D eigenvalue weighted by Crippen LogP contribution is 2.15. The van der Waals surface area contributed by atoms with Gasteiger partial charge in [-0.25, -0.2) is 4.83 Å². The maximum absolute atomic E-state index is 11.8. The summed E-state index contributed by atoms with van der Waals surface area (Å²) in [6.45, 7) is 1.92. The van der Waals surface area contributed by atoms with Gasteiger partial charge in [0.05, 0.1) is 4.90 Å². The van der Waals surface area contributed by atoms with E-state index in [2.05, 4.69) is 9.93 Å². The number of hydrogen-bond acceptors (Lipinski definition) is 3. The van der Waals surface area contributed by atoms with Gasteiger partial charge in [0.2, 0.25) is 0 Å². The van der Waals surface area contributed by atoms with Crippen molar-refractivity contribution in [3.8, 4) is 0 Å². The van der Waals surface area contributed by atoms with Crippen molar-refractivity contribution >= 4 is 15.7 Å². The normalized spacial score (nSPS) is 15.4. The van der Waals surface area contributed by atoms with Crippen LogP contribution in [0.2, 0.25) is 0 Å². The van der Waals surface area contributed by atoms with Crippen LogP contribution in [0.5, 0.6) is 0 Å². The molecule has 86 valence electrons. The molecule has 0 unspecified atom stereocenters. The van der Waals surface area contributed by atoms with E-state index < -0.39 is 10.0 Å². The zero-order chi connectivity index (χ0) is 11.6. The first-order chi connectivity index (χ1) is 7.58. The second-order valence-electron chi connectivity index (χ2n) is 3.94. The van der Waals surface area contributed by atoms with Gasteiger partial charge in [0.1, 0.15) is 0 Å². The van der Waals surface area contributed by atoms with E-state index in [1.165, 1.54) is 0 Å². The molecule has 1 N–H and O–H groups in total. The minimum Gasteiger partial charge on any atom is -0.200 e. The van der Waals surface area contributed by atoms with Crippen LogP contribution in [-0.2, 0) is 10.0 Å². The monoisotopic (exact) mass is 238 g/mol. The second-order valence-corrected chi connectivity index (χ2v) is 5.60. The summed E-state index contributed by atoms with van der Waals surface area (Å²) in [6.07, 6.45) is 2.90. The van der Waals surface area contributed by atoms with E-state index in [0.717, 1.165) is 30.5 Å². The molecule has 0 bridgehead atoms. The van der Waals surface area contributed by atoms with Crippen molar-refractivity contribution in [1.29, 1.82) is 0 Å². The lowest BCUT2D eigenvalue weighted by atomic mass is 9.98. The zero-order valence-electron chi connectivity index (χ0n) is 9.10. The molecular weight excluding hydrogens is 224 g/mol. The van der Waals surface area contributed by atoms with E-state index in [9.17, 15) is 8.42 Å². The fraction of sp³-hybridized carbons (Fsp3) is 0.364. The molecule has 0 radical (unpaired) electrons. The Hall–Kier alpha value is -1.36. The van der Waals surface area contributed by atoms with Crippen LogP contribution < -0.4 is 4.83 Å². The smallest absolute Gasteiger partial charge is 0.200 e. The third-order valence-electron chi connectivity index (χ3n) is 2.59. The molecular formula is C11H14N2O2S. The summed E-state index contributed by atoms with van der Waals surface area (Å²) in [4.78, 5) is 2.51. The molecule has 2 rings (SSSR count). The molecule has 4 nitrogen and oxygen atoms in total. The average Bonchev–Trinajstić information content (AvgIpc) is 2.15. The van der Waals surface area contributed by atoms with Crippen molar-refractivity contribution < 1.29 is 8.42 Å². The predicted octanol–water partition coefficient (Wildman–Crippen LogP) is 1.81. The van der Waals surface area contributed by atoms with Gasteiger partial charge < -0.3 is 0 Å². The Balaban J connectivity index is 2.15. The predicted molar refractivity (Wildman–Crippen MR) is 62.8 cm³/mol. The molecule has 1 aliphatic carbocycles. The molecule has 0 spiro atoms. The Bertz CT molecular complexity index is 497. The van der Waals surface area contributed by atoms with Gasteiger partial charge in [0, 0.05) is 5.71 Å². The van der Waals surface area contributed by atoms with Crippen LogP contribution in [0.1, 0.15) is 24.8 Å². The van der Waals surface area contributed by atoms with E-state index in [0.29, 0.717) is 0 Å². The van der Waals surface area contributed by atoms with Crippen molar-refractivity contribution in [1.82, 2.24) is 4.83 Å². The molecule has 1 aromatic rings. The van der Waals surface area contributed by atoms with E-state index in [-0.39, 0.29) is 4.90 Å². The van der Waals surface area contributed by atoms with Gasteiger partial charge in [0.25, 0.3) is 10.0 Å². The maximum Gasteiger partial charge on any atom is 0.276 e. The standard InChI is InChI=1S/C11H14N2O2S/c1-9-5-7-11(8-6-9)16(14,15)13-12-10-3-2-4-10/h5-8,13H,2-4H2,1H3. The zero-order valence-corrected chi connectivity index (χ0v) is 9.92. The molecule has 0 amide bonds. The highest BCUT2D eigenvalue weighted by Gasteiger charge is 2.15. The van der Waals surface area contributed by atoms with E-state index in [1.54, 1.807) is 24.3 Å². The molecule has 0 saturated heterocycles. The van der Waals surface area contributed by atoms with Crippen LogP contribution in [0.15, 0.2) is 34.3 Å². The molecule has 0 atom stereocenters. The van der Waals surface area contributed by atoms with Crippen molar-refractivity contribution in [3.05, 3.63) is 29.8 Å². The first-order valence-electron chi connectivity index (χ1n) is 5.22. The number of aryl methyl sites for hydroxylation is 1. The SMILES string of the molecule is Cc1ccc(S(=O)(=O)NN=C2CCC2)cc1. The summed E-state index contributed by atoms with van der Waals surface area (Å²) in [7, 11) is -3.49. The molecule has 1 fully saturated rings. The molecule has 16 heavy (non-hydrogen) atoms. The average molecular weight is 238 g/mol. The van der Waals surface area contributed by atoms with Crippen LogP contribution >= 0.6 is 0 Å². The number of nitrogens with one attached hydrogen (secondary N) is 1. The highest BCUT2D eigenvalue weighted by molar-refractivity contribution is 7.89. The first-order valence-corrected chi connectivity index (χ1v) is 6.70. The number of sulfonamides is 1. The lowest BCUT2D eigenvalue weighted by Crippen LogP contribution is -2.22. The maximum atomic E-state index is 11.8. The molecule has 1 aromatic carbocycles. The fourth-order valence-electron chi connectivity index (χ4n) is 1.34. The molecule has 1 saturated carbocycles. The van der Waals surface area contributed by atoms with Crippen LogP contribution in [0, 0.1) is 6.92 Å². The van der Waals surface area contributed by atoms with Gasteiger partial charge in [-0.1, -0.05) is 17.7 Å². The quantitative estimate of drug-likeness (QED) is 0.816. The summed E-state index contributed by atoms with van der Waals surface area (Å²) >= 11 is 0. The van der Waals surface area contributed by atoms with E-state index in [4.69, 9.17) is 0 Å². The summed E-state index contributed by atoms with van der Waals surface area (Å²) in [5.41, 5.74) is 1.96. The van der Waals surface area contributed by atoms with Gasteiger partial charge in [-0.2, -0.15) is 13.5 Å². The summed E-state index contributed by atoms with van der Waals surface area (Å²) in [6, 6.07) is 6.70. The lowest BCUT2D eigenvalue weighted by Gasteiger charge is -2.14. The Labute approximate surface area is 95.4 Å². The van der Waals surface area contributed by atoms with Gasteiger partial charge in [-0.05, 0) is 38.3 Å². The van der Waals surface area contributed by atoms with E-state index in [1.807, 2.05) is 6.92 Å². The van der Waals surface area contributed by atoms with Gasteiger partial charge >= 0.3 is 0 Å². The largest absolute Gasteiger partial charge is 0.276 e. The van der Waals surface area contributed by atoms with Crippen LogP contribution in [-0.4, -0.2) is 14.1 Å². The number of benzene rings is 1. The number of nitrogens with zero attached hydrogens (tertiary/aromatic N) is 1. The molecule has 0 heterocycles. The van der Waals surface area contributed by atoms with Crippen LogP contribution in [0.25, 0.3) is 0 Å². The third-order valence-corrected chi connectivity index (χ3v) is 3.81. The summed E-state index contributed by atoms with van der Waals surface area (Å²) < 4.78 is 23.5. The third kappa shape index (κ3) is 2.41. The molecule has 1 aliphatic rings. The molecule has 5 heteroatoms. The lowest BCUT2D eigenvalue weighted by molar-refractivity contribution is 0.583. The topological polar surface area (TPSA) is 58.5 Å². The summed E-state index contributed by atoms with van der Waals surface area (Å²) in [5, 5.41) is 3.88. The van der Waals surface area contributed by atoms with Gasteiger partial charge in [-0.3, -0.25) is 0 Å². The van der Waals surface area contributed by atoms with Crippen molar-refractivity contribution in [2.45, 2.75) is 31.1 Å². The highest BCUT2D eigenvalue weighted by atomic mass is 32.2. The minimum atomic E-state index is -3.49. The number of hydrazone groups is 1. The number of hydrogen-bond donors (Lipinski definition) is 1. The number of rotatable bonds is 3. The summed E-state index contributed by atoms with van der Waals surface area (Å²) in [5.74, 6) is 0. The Morgan fingerprint density at radius 1 is 1.19 bits per heavy atom. The minimum absolute atomic E-state index is 0.252. The Morgan fingerprint density at radius 2 is 1.81 bits per heavy atom. The van der Waals surface area contributed by atoms with E-state index >= 15 is 0 Å². The molecule has 0 aliphatic heterocycles. The second kappa shape index (κ2) is 4.25. The molecule has 0 aromatic heterocycles.